The van der Waals surface area contributed by atoms with Crippen molar-refractivity contribution in [2.75, 3.05) is 5.73 Å². The van der Waals surface area contributed by atoms with Gasteiger partial charge in [0.1, 0.15) is 0 Å². The third-order valence-electron chi connectivity index (χ3n) is 2.46. The van der Waals surface area contributed by atoms with Crippen LogP contribution in [0.1, 0.15) is 0 Å². The number of anilines is 1. The number of nitrogens with zero attached hydrogens (tertiary/aromatic N) is 2. The standard InChI is InChI=1S/C12H9N3S/c13-10-4-9(8-2-1-3-14-6-8)5-11-12(10)16-7-15-11/h1-7H,13H2. The zero-order valence-corrected chi connectivity index (χ0v) is 9.24. The van der Waals surface area contributed by atoms with Crippen molar-refractivity contribution in [1.82, 2.24) is 9.97 Å². The molecular formula is C12H9N3S. The zero-order chi connectivity index (χ0) is 11.0. The normalized spacial score (nSPS) is 10.8. The molecule has 4 heteroatoms. The number of hydrogen-bond acceptors (Lipinski definition) is 4. The highest BCUT2D eigenvalue weighted by atomic mass is 32.1. The number of nitrogen functional groups attached to an aromatic ring is 1. The molecule has 0 saturated carbocycles. The minimum atomic E-state index is 0.777. The summed E-state index contributed by atoms with van der Waals surface area (Å²) >= 11 is 1.57. The van der Waals surface area contributed by atoms with Crippen LogP contribution >= 0.6 is 11.3 Å². The number of hydrogen-bond donors (Lipinski definition) is 1. The van der Waals surface area contributed by atoms with E-state index in [9.17, 15) is 0 Å². The first-order chi connectivity index (χ1) is 7.84. The van der Waals surface area contributed by atoms with Crippen molar-refractivity contribution in [3.05, 3.63) is 42.2 Å². The predicted molar refractivity (Wildman–Crippen MR) is 67.3 cm³/mol. The average Bonchev–Trinajstić information content (AvgIpc) is 2.79. The van der Waals surface area contributed by atoms with Crippen LogP contribution in [0.2, 0.25) is 0 Å². The van der Waals surface area contributed by atoms with Crippen LogP contribution in [0.5, 0.6) is 0 Å². The van der Waals surface area contributed by atoms with E-state index in [0.717, 1.165) is 27.0 Å². The molecule has 0 aliphatic rings. The molecule has 0 unspecified atom stereocenters. The SMILES string of the molecule is Nc1cc(-c2cccnc2)cc2ncsc12. The van der Waals surface area contributed by atoms with Crippen molar-refractivity contribution in [2.45, 2.75) is 0 Å². The number of aromatic nitrogens is 2. The number of fused-ring (bicyclic) bond motifs is 1. The van der Waals surface area contributed by atoms with Crippen LogP contribution in [-0.2, 0) is 0 Å². The second-order valence-electron chi connectivity index (χ2n) is 3.51. The molecule has 0 atom stereocenters. The van der Waals surface area contributed by atoms with Crippen LogP contribution in [0, 0.1) is 0 Å². The van der Waals surface area contributed by atoms with Gasteiger partial charge >= 0.3 is 0 Å². The molecular weight excluding hydrogens is 218 g/mol. The summed E-state index contributed by atoms with van der Waals surface area (Å²) in [6, 6.07) is 7.94. The summed E-state index contributed by atoms with van der Waals surface area (Å²) in [5, 5.41) is 0. The Morgan fingerprint density at radius 1 is 1.19 bits per heavy atom. The van der Waals surface area contributed by atoms with E-state index < -0.39 is 0 Å². The van der Waals surface area contributed by atoms with E-state index in [4.69, 9.17) is 5.73 Å². The number of benzene rings is 1. The van der Waals surface area contributed by atoms with Gasteiger partial charge in [0, 0.05) is 18.0 Å². The first-order valence-electron chi connectivity index (χ1n) is 4.88. The summed E-state index contributed by atoms with van der Waals surface area (Å²) in [6.45, 7) is 0. The minimum absolute atomic E-state index is 0.777. The topological polar surface area (TPSA) is 51.8 Å². The Kier molecular flexibility index (Phi) is 2.08. The molecule has 78 valence electrons. The lowest BCUT2D eigenvalue weighted by Crippen LogP contribution is -1.87. The van der Waals surface area contributed by atoms with Crippen LogP contribution in [0.4, 0.5) is 5.69 Å². The second kappa shape index (κ2) is 3.57. The minimum Gasteiger partial charge on any atom is -0.398 e. The van der Waals surface area contributed by atoms with Gasteiger partial charge < -0.3 is 5.73 Å². The highest BCUT2D eigenvalue weighted by Gasteiger charge is 2.05. The van der Waals surface area contributed by atoms with Crippen molar-refractivity contribution >= 4 is 27.2 Å². The molecule has 2 N–H and O–H groups in total. The van der Waals surface area contributed by atoms with Gasteiger partial charge in [0.15, 0.2) is 0 Å². The Balaban J connectivity index is 2.25. The second-order valence-corrected chi connectivity index (χ2v) is 4.36. The fourth-order valence-electron chi connectivity index (χ4n) is 1.70. The molecule has 0 fully saturated rings. The van der Waals surface area contributed by atoms with Crippen molar-refractivity contribution < 1.29 is 0 Å². The number of rotatable bonds is 1. The van der Waals surface area contributed by atoms with Gasteiger partial charge in [-0.05, 0) is 23.8 Å². The lowest BCUT2D eigenvalue weighted by Gasteiger charge is -2.02. The molecule has 0 spiro atoms. The molecule has 16 heavy (non-hydrogen) atoms. The molecule has 3 nitrogen and oxygen atoms in total. The van der Waals surface area contributed by atoms with Crippen LogP contribution in [0.15, 0.2) is 42.2 Å². The molecule has 0 aliphatic carbocycles. The Morgan fingerprint density at radius 3 is 2.94 bits per heavy atom. The number of pyridine rings is 1. The Labute approximate surface area is 96.6 Å². The maximum atomic E-state index is 5.99. The molecule has 0 radical (unpaired) electrons. The molecule has 2 heterocycles. The van der Waals surface area contributed by atoms with Gasteiger partial charge in [0.25, 0.3) is 0 Å². The zero-order valence-electron chi connectivity index (χ0n) is 8.42. The average molecular weight is 227 g/mol. The fraction of sp³-hybridized carbons (Fsp3) is 0. The summed E-state index contributed by atoms with van der Waals surface area (Å²) in [5.41, 5.74) is 11.6. The van der Waals surface area contributed by atoms with Gasteiger partial charge in [-0.1, -0.05) is 6.07 Å². The van der Waals surface area contributed by atoms with E-state index in [1.807, 2.05) is 36.0 Å². The molecule has 2 aromatic heterocycles. The van der Waals surface area contributed by atoms with E-state index in [-0.39, 0.29) is 0 Å². The highest BCUT2D eigenvalue weighted by Crippen LogP contribution is 2.30. The van der Waals surface area contributed by atoms with E-state index in [1.54, 1.807) is 17.5 Å². The van der Waals surface area contributed by atoms with Gasteiger partial charge in [-0.25, -0.2) is 4.98 Å². The van der Waals surface area contributed by atoms with E-state index in [0.29, 0.717) is 0 Å². The molecule has 1 aromatic carbocycles. The van der Waals surface area contributed by atoms with Gasteiger partial charge in [-0.15, -0.1) is 11.3 Å². The van der Waals surface area contributed by atoms with Crippen LogP contribution in [-0.4, -0.2) is 9.97 Å². The monoisotopic (exact) mass is 227 g/mol. The smallest absolute Gasteiger partial charge is 0.0839 e. The Hall–Kier alpha value is -1.94. The first-order valence-corrected chi connectivity index (χ1v) is 5.76. The third-order valence-corrected chi connectivity index (χ3v) is 3.35. The van der Waals surface area contributed by atoms with Crippen molar-refractivity contribution in [2.24, 2.45) is 0 Å². The Morgan fingerprint density at radius 2 is 2.12 bits per heavy atom. The van der Waals surface area contributed by atoms with Crippen LogP contribution in [0.3, 0.4) is 0 Å². The largest absolute Gasteiger partial charge is 0.398 e. The van der Waals surface area contributed by atoms with Gasteiger partial charge in [0.05, 0.1) is 21.4 Å². The van der Waals surface area contributed by atoms with Crippen molar-refractivity contribution in [1.29, 1.82) is 0 Å². The predicted octanol–water partition coefficient (Wildman–Crippen LogP) is 2.94. The maximum absolute atomic E-state index is 5.99. The molecule has 0 amide bonds. The summed E-state index contributed by atoms with van der Waals surface area (Å²) in [6.07, 6.45) is 3.58. The van der Waals surface area contributed by atoms with Gasteiger partial charge in [-0.2, -0.15) is 0 Å². The Bertz CT molecular complexity index is 631. The lowest BCUT2D eigenvalue weighted by molar-refractivity contribution is 1.33. The highest BCUT2D eigenvalue weighted by molar-refractivity contribution is 7.17. The van der Waals surface area contributed by atoms with Crippen LogP contribution in [0.25, 0.3) is 21.3 Å². The molecule has 0 saturated heterocycles. The van der Waals surface area contributed by atoms with Crippen molar-refractivity contribution in [3.63, 3.8) is 0 Å². The van der Waals surface area contributed by atoms with Crippen LogP contribution < -0.4 is 5.73 Å². The summed E-state index contributed by atoms with van der Waals surface area (Å²) in [5.74, 6) is 0. The first kappa shape index (κ1) is 9.30. The summed E-state index contributed by atoms with van der Waals surface area (Å²) in [7, 11) is 0. The lowest BCUT2D eigenvalue weighted by atomic mass is 10.1. The summed E-state index contributed by atoms with van der Waals surface area (Å²) in [4.78, 5) is 8.38. The quantitative estimate of drug-likeness (QED) is 0.650. The number of nitrogens with two attached hydrogens (primary N) is 1. The van der Waals surface area contributed by atoms with Gasteiger partial charge in [0.2, 0.25) is 0 Å². The summed E-state index contributed by atoms with van der Waals surface area (Å²) < 4.78 is 1.05. The molecule has 3 rings (SSSR count). The third kappa shape index (κ3) is 1.44. The van der Waals surface area contributed by atoms with E-state index >= 15 is 0 Å². The van der Waals surface area contributed by atoms with E-state index in [1.165, 1.54) is 0 Å². The maximum Gasteiger partial charge on any atom is 0.0839 e. The molecule has 3 aromatic rings. The fourth-order valence-corrected chi connectivity index (χ4v) is 2.39. The number of thiazole rings is 1. The molecule has 0 aliphatic heterocycles. The van der Waals surface area contributed by atoms with E-state index in [2.05, 4.69) is 9.97 Å². The molecule has 0 bridgehead atoms. The van der Waals surface area contributed by atoms with Gasteiger partial charge in [-0.3, -0.25) is 4.98 Å². The van der Waals surface area contributed by atoms with Crippen molar-refractivity contribution in [3.8, 4) is 11.1 Å².